The highest BCUT2D eigenvalue weighted by Gasteiger charge is 2.36. The average Bonchev–Trinajstić information content (AvgIpc) is 3.66. The number of amides is 3. The van der Waals surface area contributed by atoms with E-state index in [-0.39, 0.29) is 24.3 Å². The van der Waals surface area contributed by atoms with Crippen molar-refractivity contribution in [3.8, 4) is 5.75 Å². The summed E-state index contributed by atoms with van der Waals surface area (Å²) in [5, 5.41) is 2.90. The number of carbonyl (C=O) groups excluding carboxylic acids is 3. The molecule has 3 unspecified atom stereocenters. The lowest BCUT2D eigenvalue weighted by atomic mass is 10.0. The van der Waals surface area contributed by atoms with E-state index in [0.717, 1.165) is 23.4 Å². The molecule has 1 fully saturated rings. The van der Waals surface area contributed by atoms with Crippen LogP contribution in [0.1, 0.15) is 37.4 Å². The Balaban J connectivity index is 1.50. The maximum atomic E-state index is 13.9. The third-order valence-corrected chi connectivity index (χ3v) is 7.15. The summed E-state index contributed by atoms with van der Waals surface area (Å²) >= 11 is 0. The zero-order valence-corrected chi connectivity index (χ0v) is 23.1. The molecular weight excluding hydrogens is 508 g/mol. The lowest BCUT2D eigenvalue weighted by molar-refractivity contribution is -0.136. The number of imidazole rings is 1. The molecule has 1 saturated heterocycles. The molecule has 2 heterocycles. The van der Waals surface area contributed by atoms with E-state index in [0.29, 0.717) is 38.1 Å². The van der Waals surface area contributed by atoms with E-state index < -0.39 is 18.0 Å². The first-order valence-corrected chi connectivity index (χ1v) is 13.7. The van der Waals surface area contributed by atoms with E-state index in [1.165, 1.54) is 6.33 Å². The van der Waals surface area contributed by atoms with Gasteiger partial charge in [-0.1, -0.05) is 37.3 Å². The highest BCUT2D eigenvalue weighted by atomic mass is 16.5. The first kappa shape index (κ1) is 28.8. The highest BCUT2D eigenvalue weighted by molar-refractivity contribution is 5.94. The standard InChI is InChI=1S/C30H38N6O4/c1-3-7-28(37)36(23-8-5-4-6-9-23)24-14-15-35(19-24)30(39)27(16-21-10-12-25(40-2)13-11-21)34-29(38)26(31)17-22-18-32-20-33-22/h4-6,8-13,18,20,24,26-27H,3,7,14-17,19,31H2,1-2H3,(H,32,33)(H,34,38). The largest absolute Gasteiger partial charge is 0.497 e. The van der Waals surface area contributed by atoms with Gasteiger partial charge in [0.2, 0.25) is 17.7 Å². The maximum absolute atomic E-state index is 13.9. The molecule has 40 heavy (non-hydrogen) atoms. The maximum Gasteiger partial charge on any atom is 0.245 e. The van der Waals surface area contributed by atoms with Gasteiger partial charge in [0.25, 0.3) is 0 Å². The van der Waals surface area contributed by atoms with Crippen LogP contribution in [0.15, 0.2) is 67.1 Å². The third kappa shape index (κ3) is 7.26. The lowest BCUT2D eigenvalue weighted by Gasteiger charge is -2.30. The van der Waals surface area contributed by atoms with Crippen LogP contribution in [0.25, 0.3) is 0 Å². The van der Waals surface area contributed by atoms with Crippen molar-refractivity contribution in [2.24, 2.45) is 5.73 Å². The van der Waals surface area contributed by atoms with Crippen LogP contribution in [0.2, 0.25) is 0 Å². The summed E-state index contributed by atoms with van der Waals surface area (Å²) in [7, 11) is 1.59. The molecule has 3 aromatic rings. The van der Waals surface area contributed by atoms with Crippen molar-refractivity contribution in [2.75, 3.05) is 25.1 Å². The van der Waals surface area contributed by atoms with Crippen LogP contribution in [-0.4, -0.2) is 70.9 Å². The number of para-hydroxylation sites is 1. The van der Waals surface area contributed by atoms with Crippen LogP contribution < -0.4 is 20.7 Å². The van der Waals surface area contributed by atoms with E-state index in [9.17, 15) is 14.4 Å². The summed E-state index contributed by atoms with van der Waals surface area (Å²) in [6.45, 7) is 2.86. The van der Waals surface area contributed by atoms with Gasteiger partial charge < -0.3 is 30.6 Å². The first-order valence-electron chi connectivity index (χ1n) is 13.7. The number of hydrogen-bond donors (Lipinski definition) is 3. The summed E-state index contributed by atoms with van der Waals surface area (Å²) < 4.78 is 5.25. The fraction of sp³-hybridized carbons (Fsp3) is 0.400. The van der Waals surface area contributed by atoms with Crippen molar-refractivity contribution in [1.29, 1.82) is 0 Å². The summed E-state index contributed by atoms with van der Waals surface area (Å²) in [5.41, 5.74) is 8.62. The number of likely N-dealkylation sites (tertiary alicyclic amines) is 1. The third-order valence-electron chi connectivity index (χ3n) is 7.15. The molecule has 3 amide bonds. The van der Waals surface area contributed by atoms with Crippen molar-refractivity contribution in [1.82, 2.24) is 20.2 Å². The number of methoxy groups -OCH3 is 1. The van der Waals surface area contributed by atoms with Crippen molar-refractivity contribution in [3.05, 3.63) is 78.4 Å². The van der Waals surface area contributed by atoms with E-state index in [1.54, 1.807) is 18.2 Å². The quantitative estimate of drug-likeness (QED) is 0.320. The van der Waals surface area contributed by atoms with Crippen LogP contribution in [0.4, 0.5) is 5.69 Å². The molecule has 0 spiro atoms. The number of H-pyrrole nitrogens is 1. The van der Waals surface area contributed by atoms with Gasteiger partial charge in [0.05, 0.1) is 25.5 Å². The van der Waals surface area contributed by atoms with Gasteiger partial charge >= 0.3 is 0 Å². The number of hydrogen-bond acceptors (Lipinski definition) is 6. The molecule has 0 radical (unpaired) electrons. The second-order valence-electron chi connectivity index (χ2n) is 10.1. The molecule has 212 valence electrons. The zero-order valence-electron chi connectivity index (χ0n) is 23.1. The van der Waals surface area contributed by atoms with Gasteiger partial charge in [0.15, 0.2) is 0 Å². The molecule has 4 rings (SSSR count). The summed E-state index contributed by atoms with van der Waals surface area (Å²) in [5.74, 6) is 0.135. The van der Waals surface area contributed by atoms with Gasteiger partial charge in [-0.3, -0.25) is 14.4 Å². The Morgan fingerprint density at radius 1 is 1.15 bits per heavy atom. The number of anilines is 1. The number of benzene rings is 2. The fourth-order valence-electron chi connectivity index (χ4n) is 5.06. The molecule has 3 atom stereocenters. The van der Waals surface area contributed by atoms with E-state index in [4.69, 9.17) is 10.5 Å². The van der Waals surface area contributed by atoms with Gasteiger partial charge in [-0.05, 0) is 42.7 Å². The lowest BCUT2D eigenvalue weighted by Crippen LogP contribution is -2.54. The average molecular weight is 547 g/mol. The molecule has 2 aromatic carbocycles. The Labute approximate surface area is 234 Å². The molecule has 1 aliphatic rings. The van der Waals surface area contributed by atoms with Crippen LogP contribution >= 0.6 is 0 Å². The molecule has 10 heteroatoms. The van der Waals surface area contributed by atoms with Gasteiger partial charge in [-0.15, -0.1) is 0 Å². The van der Waals surface area contributed by atoms with Crippen molar-refractivity contribution >= 4 is 23.4 Å². The number of aromatic nitrogens is 2. The molecule has 1 aromatic heterocycles. The van der Waals surface area contributed by atoms with Crippen LogP contribution in [0.5, 0.6) is 5.75 Å². The second kappa shape index (κ2) is 13.7. The summed E-state index contributed by atoms with van der Waals surface area (Å²) in [4.78, 5) is 50.6. The van der Waals surface area contributed by atoms with Crippen LogP contribution in [0.3, 0.4) is 0 Å². The summed E-state index contributed by atoms with van der Waals surface area (Å²) in [6.07, 6.45) is 5.55. The zero-order chi connectivity index (χ0) is 28.5. The number of ether oxygens (including phenoxy) is 1. The van der Waals surface area contributed by atoms with Crippen LogP contribution in [0, 0.1) is 0 Å². The van der Waals surface area contributed by atoms with Crippen molar-refractivity contribution < 1.29 is 19.1 Å². The molecule has 10 nitrogen and oxygen atoms in total. The van der Waals surface area contributed by atoms with Gasteiger partial charge in [0, 0.05) is 49.9 Å². The number of carbonyl (C=O) groups is 3. The molecular formula is C30H38N6O4. The van der Waals surface area contributed by atoms with Gasteiger partial charge in [-0.2, -0.15) is 0 Å². The minimum atomic E-state index is -0.849. The second-order valence-corrected chi connectivity index (χ2v) is 10.1. The first-order chi connectivity index (χ1) is 19.4. The predicted octanol–water partition coefficient (Wildman–Crippen LogP) is 2.45. The van der Waals surface area contributed by atoms with Crippen molar-refractivity contribution in [2.45, 2.75) is 57.2 Å². The molecule has 1 aliphatic heterocycles. The Morgan fingerprint density at radius 2 is 1.90 bits per heavy atom. The predicted molar refractivity (Wildman–Crippen MR) is 153 cm³/mol. The summed E-state index contributed by atoms with van der Waals surface area (Å²) in [6, 6.07) is 15.2. The minimum Gasteiger partial charge on any atom is -0.497 e. The Morgan fingerprint density at radius 3 is 2.55 bits per heavy atom. The Kier molecular flexibility index (Phi) is 9.91. The highest BCUT2D eigenvalue weighted by Crippen LogP contribution is 2.25. The molecule has 0 saturated carbocycles. The normalized spacial score (nSPS) is 16.3. The number of nitrogens with zero attached hydrogens (tertiary/aromatic N) is 3. The van der Waals surface area contributed by atoms with Crippen LogP contribution in [-0.2, 0) is 27.2 Å². The van der Waals surface area contributed by atoms with Gasteiger partial charge in [0.1, 0.15) is 11.8 Å². The van der Waals surface area contributed by atoms with E-state index in [1.807, 2.05) is 66.4 Å². The number of rotatable bonds is 12. The topological polar surface area (TPSA) is 134 Å². The number of nitrogens with one attached hydrogen (secondary N) is 2. The molecule has 4 N–H and O–H groups in total. The monoisotopic (exact) mass is 546 g/mol. The minimum absolute atomic E-state index is 0.0425. The Hall–Kier alpha value is -4.18. The van der Waals surface area contributed by atoms with E-state index >= 15 is 0 Å². The SMILES string of the molecule is CCCC(=O)N(c1ccccc1)C1CCN(C(=O)C(Cc2ccc(OC)cc2)NC(=O)C(N)Cc2cnc[nH]2)C1. The Bertz CT molecular complexity index is 1250. The number of aromatic amines is 1. The molecule has 0 bridgehead atoms. The molecule has 0 aliphatic carbocycles. The number of nitrogens with two attached hydrogens (primary N) is 1. The smallest absolute Gasteiger partial charge is 0.245 e. The fourth-order valence-corrected chi connectivity index (χ4v) is 5.06. The van der Waals surface area contributed by atoms with Crippen molar-refractivity contribution in [3.63, 3.8) is 0 Å². The van der Waals surface area contributed by atoms with E-state index in [2.05, 4.69) is 15.3 Å². The van der Waals surface area contributed by atoms with Gasteiger partial charge in [-0.25, -0.2) is 4.98 Å².